The van der Waals surface area contributed by atoms with E-state index in [9.17, 15) is 4.79 Å². The van der Waals surface area contributed by atoms with Gasteiger partial charge in [0.05, 0.1) is 5.56 Å². The molecule has 0 radical (unpaired) electrons. The summed E-state index contributed by atoms with van der Waals surface area (Å²) in [4.78, 5) is 15.9. The van der Waals surface area contributed by atoms with Crippen LogP contribution < -0.4 is 5.32 Å². The van der Waals surface area contributed by atoms with Crippen LogP contribution >= 0.6 is 11.6 Å². The molecule has 2 aromatic rings. The largest absolute Gasteiger partial charge is 0.322 e. The first-order chi connectivity index (χ1) is 8.58. The van der Waals surface area contributed by atoms with Crippen LogP contribution in [0.4, 0.5) is 5.69 Å². The molecule has 0 aliphatic rings. The minimum Gasteiger partial charge on any atom is -0.322 e. The molecule has 92 valence electrons. The molecule has 0 unspecified atom stereocenters. The second-order valence-electron chi connectivity index (χ2n) is 4.11. The van der Waals surface area contributed by atoms with Gasteiger partial charge in [-0.05, 0) is 43.2 Å². The van der Waals surface area contributed by atoms with Crippen LogP contribution in [0.3, 0.4) is 0 Å². The molecule has 0 spiro atoms. The first-order valence-corrected chi connectivity index (χ1v) is 5.95. The Morgan fingerprint density at radius 1 is 1.28 bits per heavy atom. The number of hydrogen-bond acceptors (Lipinski definition) is 2. The molecule has 2 rings (SSSR count). The van der Waals surface area contributed by atoms with Gasteiger partial charge in [0.2, 0.25) is 0 Å². The van der Waals surface area contributed by atoms with E-state index < -0.39 is 0 Å². The van der Waals surface area contributed by atoms with Crippen molar-refractivity contribution in [1.29, 1.82) is 0 Å². The summed E-state index contributed by atoms with van der Waals surface area (Å²) in [7, 11) is 0. The number of pyridine rings is 1. The SMILES string of the molecule is Cc1ccc(C)c(NC(=O)c2cccnc2Cl)c1. The van der Waals surface area contributed by atoms with Gasteiger partial charge in [-0.15, -0.1) is 0 Å². The minimum absolute atomic E-state index is 0.209. The predicted molar refractivity (Wildman–Crippen MR) is 73.1 cm³/mol. The van der Waals surface area contributed by atoms with Crippen molar-refractivity contribution in [2.45, 2.75) is 13.8 Å². The van der Waals surface area contributed by atoms with Crippen molar-refractivity contribution in [3.63, 3.8) is 0 Å². The van der Waals surface area contributed by atoms with E-state index in [1.54, 1.807) is 18.3 Å². The van der Waals surface area contributed by atoms with Crippen LogP contribution in [-0.2, 0) is 0 Å². The van der Waals surface area contributed by atoms with Crippen molar-refractivity contribution in [3.8, 4) is 0 Å². The lowest BCUT2D eigenvalue weighted by Crippen LogP contribution is -2.13. The van der Waals surface area contributed by atoms with Crippen LogP contribution in [0.1, 0.15) is 21.5 Å². The zero-order chi connectivity index (χ0) is 13.1. The zero-order valence-corrected chi connectivity index (χ0v) is 11.0. The standard InChI is InChI=1S/C14H13ClN2O/c1-9-5-6-10(2)12(8-9)17-14(18)11-4-3-7-16-13(11)15/h3-8H,1-2H3,(H,17,18). The van der Waals surface area contributed by atoms with Crippen LogP contribution in [-0.4, -0.2) is 10.9 Å². The molecule has 3 nitrogen and oxygen atoms in total. The van der Waals surface area contributed by atoms with Gasteiger partial charge in [-0.3, -0.25) is 4.79 Å². The van der Waals surface area contributed by atoms with Gasteiger partial charge in [-0.1, -0.05) is 23.7 Å². The fourth-order valence-electron chi connectivity index (χ4n) is 1.62. The van der Waals surface area contributed by atoms with E-state index in [2.05, 4.69) is 10.3 Å². The molecule has 1 amide bonds. The van der Waals surface area contributed by atoms with E-state index in [1.807, 2.05) is 32.0 Å². The van der Waals surface area contributed by atoms with Gasteiger partial charge in [0.25, 0.3) is 5.91 Å². The topological polar surface area (TPSA) is 42.0 Å². The van der Waals surface area contributed by atoms with E-state index in [4.69, 9.17) is 11.6 Å². The van der Waals surface area contributed by atoms with Gasteiger partial charge in [0.15, 0.2) is 0 Å². The number of rotatable bonds is 2. The normalized spacial score (nSPS) is 10.2. The van der Waals surface area contributed by atoms with E-state index in [0.29, 0.717) is 5.56 Å². The number of benzene rings is 1. The summed E-state index contributed by atoms with van der Waals surface area (Å²) >= 11 is 5.88. The van der Waals surface area contributed by atoms with Crippen molar-refractivity contribution in [2.24, 2.45) is 0 Å². The summed E-state index contributed by atoms with van der Waals surface area (Å²) in [5.41, 5.74) is 3.27. The summed E-state index contributed by atoms with van der Waals surface area (Å²) in [5, 5.41) is 3.05. The highest BCUT2D eigenvalue weighted by molar-refractivity contribution is 6.33. The molecule has 4 heteroatoms. The fourth-order valence-corrected chi connectivity index (χ4v) is 1.82. The summed E-state index contributed by atoms with van der Waals surface area (Å²) < 4.78 is 0. The monoisotopic (exact) mass is 260 g/mol. The summed E-state index contributed by atoms with van der Waals surface area (Å²) in [6.07, 6.45) is 1.55. The third kappa shape index (κ3) is 2.68. The lowest BCUT2D eigenvalue weighted by Gasteiger charge is -2.09. The van der Waals surface area contributed by atoms with Crippen molar-refractivity contribution in [3.05, 3.63) is 58.4 Å². The smallest absolute Gasteiger partial charge is 0.258 e. The number of hydrogen-bond donors (Lipinski definition) is 1. The lowest BCUT2D eigenvalue weighted by molar-refractivity contribution is 0.102. The minimum atomic E-state index is -0.248. The Labute approximate surface area is 111 Å². The second kappa shape index (κ2) is 5.19. The Balaban J connectivity index is 2.27. The van der Waals surface area contributed by atoms with Crippen molar-refractivity contribution in [1.82, 2.24) is 4.98 Å². The predicted octanol–water partition coefficient (Wildman–Crippen LogP) is 3.60. The quantitative estimate of drug-likeness (QED) is 0.839. The molecule has 1 aromatic carbocycles. The lowest BCUT2D eigenvalue weighted by atomic mass is 10.1. The van der Waals surface area contributed by atoms with Crippen LogP contribution in [0.25, 0.3) is 0 Å². The Morgan fingerprint density at radius 3 is 2.78 bits per heavy atom. The second-order valence-corrected chi connectivity index (χ2v) is 4.47. The van der Waals surface area contributed by atoms with Crippen molar-refractivity contribution < 1.29 is 4.79 Å². The Morgan fingerprint density at radius 2 is 2.06 bits per heavy atom. The maximum atomic E-state index is 12.1. The molecule has 0 aliphatic carbocycles. The number of anilines is 1. The van der Waals surface area contributed by atoms with Crippen LogP contribution in [0, 0.1) is 13.8 Å². The molecule has 1 aromatic heterocycles. The Hall–Kier alpha value is -1.87. The molecular weight excluding hydrogens is 248 g/mol. The molecule has 0 fully saturated rings. The summed E-state index contributed by atoms with van der Waals surface area (Å²) in [6, 6.07) is 9.23. The third-order valence-electron chi connectivity index (χ3n) is 2.64. The van der Waals surface area contributed by atoms with E-state index in [1.165, 1.54) is 0 Å². The average Bonchev–Trinajstić information content (AvgIpc) is 2.34. The maximum Gasteiger partial charge on any atom is 0.258 e. The summed E-state index contributed by atoms with van der Waals surface area (Å²) in [5.74, 6) is -0.248. The van der Waals surface area contributed by atoms with Gasteiger partial charge in [-0.2, -0.15) is 0 Å². The molecule has 0 saturated heterocycles. The molecule has 18 heavy (non-hydrogen) atoms. The van der Waals surface area contributed by atoms with Crippen molar-refractivity contribution in [2.75, 3.05) is 5.32 Å². The fraction of sp³-hybridized carbons (Fsp3) is 0.143. The first kappa shape index (κ1) is 12.6. The first-order valence-electron chi connectivity index (χ1n) is 5.57. The number of halogens is 1. The molecule has 0 saturated carbocycles. The number of nitrogens with one attached hydrogen (secondary N) is 1. The molecule has 0 atom stereocenters. The van der Waals surface area contributed by atoms with Crippen LogP contribution in [0.2, 0.25) is 5.15 Å². The molecule has 0 bridgehead atoms. The number of carbonyl (C=O) groups excluding carboxylic acids is 1. The number of nitrogens with zero attached hydrogens (tertiary/aromatic N) is 1. The Bertz CT molecular complexity index is 596. The van der Waals surface area contributed by atoms with Crippen LogP contribution in [0.5, 0.6) is 0 Å². The van der Waals surface area contributed by atoms with Gasteiger partial charge in [0, 0.05) is 11.9 Å². The highest BCUT2D eigenvalue weighted by atomic mass is 35.5. The highest BCUT2D eigenvalue weighted by Gasteiger charge is 2.11. The molecular formula is C14H13ClN2O. The van der Waals surface area contributed by atoms with Gasteiger partial charge >= 0.3 is 0 Å². The van der Waals surface area contributed by atoms with Gasteiger partial charge in [0.1, 0.15) is 5.15 Å². The van der Waals surface area contributed by atoms with E-state index in [-0.39, 0.29) is 11.1 Å². The molecule has 0 aliphatic heterocycles. The number of carbonyl (C=O) groups is 1. The van der Waals surface area contributed by atoms with Crippen LogP contribution in [0.15, 0.2) is 36.5 Å². The number of aromatic nitrogens is 1. The number of amides is 1. The van der Waals surface area contributed by atoms with Gasteiger partial charge < -0.3 is 5.32 Å². The van der Waals surface area contributed by atoms with Gasteiger partial charge in [-0.25, -0.2) is 4.98 Å². The van der Waals surface area contributed by atoms with Crippen molar-refractivity contribution >= 4 is 23.2 Å². The Kier molecular flexibility index (Phi) is 3.63. The zero-order valence-electron chi connectivity index (χ0n) is 10.2. The third-order valence-corrected chi connectivity index (χ3v) is 2.95. The average molecular weight is 261 g/mol. The number of aryl methyl sites for hydroxylation is 2. The molecule has 1 N–H and O–H groups in total. The summed E-state index contributed by atoms with van der Waals surface area (Å²) in [6.45, 7) is 3.92. The molecule has 1 heterocycles. The van der Waals surface area contributed by atoms with E-state index >= 15 is 0 Å². The maximum absolute atomic E-state index is 12.1. The highest BCUT2D eigenvalue weighted by Crippen LogP contribution is 2.19. The van der Waals surface area contributed by atoms with E-state index in [0.717, 1.165) is 16.8 Å².